The molecule has 0 aromatic heterocycles. The predicted molar refractivity (Wildman–Crippen MR) is 125 cm³/mol. The maximum atomic E-state index is 12.4. The van der Waals surface area contributed by atoms with Gasteiger partial charge in [0.25, 0.3) is 0 Å². The second kappa shape index (κ2) is 8.75. The van der Waals surface area contributed by atoms with Crippen LogP contribution in [-0.4, -0.2) is 36.3 Å². The maximum absolute atomic E-state index is 12.4. The second-order valence-electron chi connectivity index (χ2n) is 9.85. The van der Waals surface area contributed by atoms with E-state index >= 15 is 0 Å². The fraction of sp³-hybridized carbons (Fsp3) is 0.480. The van der Waals surface area contributed by atoms with Crippen molar-refractivity contribution in [2.75, 3.05) is 19.7 Å². The summed E-state index contributed by atoms with van der Waals surface area (Å²) >= 11 is 1.26. The first-order chi connectivity index (χ1) is 14.8. The number of carbonyl (C=O) groups is 1. The lowest BCUT2D eigenvalue weighted by atomic mass is 9.82. The Bertz CT molecular complexity index is 929. The third-order valence-corrected chi connectivity index (χ3v) is 6.67. The first-order valence-corrected chi connectivity index (χ1v) is 11.9. The molecule has 2 aliphatic heterocycles. The van der Waals surface area contributed by atoms with Crippen molar-refractivity contribution in [3.8, 4) is 16.9 Å². The number of hydrogen-bond acceptors (Lipinski definition) is 5. The van der Waals surface area contributed by atoms with Gasteiger partial charge in [0.2, 0.25) is 0 Å². The molecular formula is C25H32N2O3S. The van der Waals surface area contributed by atoms with Gasteiger partial charge in [-0.25, -0.2) is 4.79 Å². The van der Waals surface area contributed by atoms with Gasteiger partial charge in [-0.05, 0) is 71.2 Å². The van der Waals surface area contributed by atoms with Crippen molar-refractivity contribution < 1.29 is 14.3 Å². The Hall–Kier alpha value is -2.18. The van der Waals surface area contributed by atoms with Crippen molar-refractivity contribution in [3.05, 3.63) is 48.0 Å². The average molecular weight is 441 g/mol. The van der Waals surface area contributed by atoms with E-state index < -0.39 is 0 Å². The van der Waals surface area contributed by atoms with Crippen LogP contribution in [0.2, 0.25) is 0 Å². The largest absolute Gasteiger partial charge is 0.487 e. The molecule has 1 spiro atoms. The van der Waals surface area contributed by atoms with Gasteiger partial charge in [-0.2, -0.15) is 0 Å². The molecule has 2 heterocycles. The molecule has 0 radical (unpaired) electrons. The quantitative estimate of drug-likeness (QED) is 0.624. The number of fused-ring (bicyclic) bond motifs is 1. The van der Waals surface area contributed by atoms with Gasteiger partial charge in [0.05, 0.1) is 6.61 Å². The fourth-order valence-corrected chi connectivity index (χ4v) is 4.54. The highest BCUT2D eigenvalue weighted by Crippen LogP contribution is 2.41. The van der Waals surface area contributed by atoms with Crippen LogP contribution in [0.15, 0.2) is 47.4 Å². The summed E-state index contributed by atoms with van der Waals surface area (Å²) in [7, 11) is 0. The normalized spacial score (nSPS) is 17.7. The number of benzene rings is 2. The van der Waals surface area contributed by atoms with Gasteiger partial charge in [0, 0.05) is 30.8 Å². The Balaban J connectivity index is 1.38. The standard InChI is InChI=1S/C25H32N2O3S/c1-24(2,3)17-29-23(28)27-14-12-25(13-15-27)11-10-20-16-19(6-9-22(20)30-25)18-4-7-21(31-26)8-5-18/h4-9,16H,10-15,17,26H2,1-3H3. The van der Waals surface area contributed by atoms with E-state index in [4.69, 9.17) is 14.6 Å². The molecule has 2 aliphatic rings. The van der Waals surface area contributed by atoms with Crippen molar-refractivity contribution in [2.24, 2.45) is 10.6 Å². The van der Waals surface area contributed by atoms with Crippen LogP contribution in [0.5, 0.6) is 5.75 Å². The predicted octanol–water partition coefficient (Wildman–Crippen LogP) is 5.66. The lowest BCUT2D eigenvalue weighted by molar-refractivity contribution is -0.0171. The van der Waals surface area contributed by atoms with Crippen LogP contribution in [0.3, 0.4) is 0 Å². The number of carbonyl (C=O) groups excluding carboxylic acids is 1. The zero-order valence-electron chi connectivity index (χ0n) is 18.6. The molecule has 1 saturated heterocycles. The molecule has 0 saturated carbocycles. The third-order valence-electron chi connectivity index (χ3n) is 6.12. The summed E-state index contributed by atoms with van der Waals surface area (Å²) in [4.78, 5) is 15.3. The van der Waals surface area contributed by atoms with Crippen molar-refractivity contribution in [2.45, 2.75) is 57.0 Å². The molecule has 166 valence electrons. The number of piperidine rings is 1. The number of ether oxygens (including phenoxy) is 2. The molecule has 0 bridgehead atoms. The Morgan fingerprint density at radius 2 is 1.77 bits per heavy atom. The van der Waals surface area contributed by atoms with Crippen LogP contribution in [-0.2, 0) is 11.2 Å². The summed E-state index contributed by atoms with van der Waals surface area (Å²) in [6.45, 7) is 8.01. The summed E-state index contributed by atoms with van der Waals surface area (Å²) in [6, 6.07) is 14.8. The van der Waals surface area contributed by atoms with E-state index in [2.05, 4.69) is 51.1 Å². The van der Waals surface area contributed by atoms with Crippen LogP contribution in [0, 0.1) is 5.41 Å². The van der Waals surface area contributed by atoms with Crippen molar-refractivity contribution >= 4 is 18.0 Å². The van der Waals surface area contributed by atoms with Gasteiger partial charge < -0.3 is 14.4 Å². The molecule has 5 nitrogen and oxygen atoms in total. The first kappa shape index (κ1) is 22.0. The lowest BCUT2D eigenvalue weighted by Gasteiger charge is -2.44. The number of likely N-dealkylation sites (tertiary alicyclic amines) is 1. The molecule has 2 aromatic carbocycles. The number of rotatable bonds is 3. The van der Waals surface area contributed by atoms with Crippen LogP contribution in [0.1, 0.15) is 45.6 Å². The molecule has 31 heavy (non-hydrogen) atoms. The van der Waals surface area contributed by atoms with E-state index in [9.17, 15) is 4.79 Å². The minimum absolute atomic E-state index is 0.0207. The van der Waals surface area contributed by atoms with Crippen LogP contribution >= 0.6 is 11.9 Å². The molecule has 1 fully saturated rings. The third kappa shape index (κ3) is 5.18. The minimum Gasteiger partial charge on any atom is -0.487 e. The van der Waals surface area contributed by atoms with Crippen LogP contribution < -0.4 is 9.88 Å². The number of nitrogens with two attached hydrogens (primary N) is 1. The van der Waals surface area contributed by atoms with Crippen LogP contribution in [0.4, 0.5) is 4.79 Å². The number of nitrogens with zero attached hydrogens (tertiary/aromatic N) is 1. The number of aryl methyl sites for hydroxylation is 1. The molecule has 2 N–H and O–H groups in total. The molecule has 1 amide bonds. The topological polar surface area (TPSA) is 64.8 Å². The highest BCUT2D eigenvalue weighted by molar-refractivity contribution is 7.97. The van der Waals surface area contributed by atoms with Gasteiger partial charge in [-0.15, -0.1) is 0 Å². The van der Waals surface area contributed by atoms with E-state index in [1.54, 1.807) is 0 Å². The van der Waals surface area contributed by atoms with Gasteiger partial charge in [-0.1, -0.05) is 39.0 Å². The van der Waals surface area contributed by atoms with Gasteiger partial charge in [-0.3, -0.25) is 5.14 Å². The molecule has 0 unspecified atom stereocenters. The summed E-state index contributed by atoms with van der Waals surface area (Å²) in [5.41, 5.74) is 3.45. The van der Waals surface area contributed by atoms with E-state index in [0.717, 1.165) is 36.3 Å². The number of amides is 1. The molecule has 0 aliphatic carbocycles. The lowest BCUT2D eigenvalue weighted by Crippen LogP contribution is -2.51. The molecular weight excluding hydrogens is 408 g/mol. The maximum Gasteiger partial charge on any atom is 0.409 e. The zero-order chi connectivity index (χ0) is 22.1. The van der Waals surface area contributed by atoms with Gasteiger partial charge in [0.15, 0.2) is 0 Å². The molecule has 4 rings (SSSR count). The minimum atomic E-state index is -0.204. The van der Waals surface area contributed by atoms with E-state index in [-0.39, 0.29) is 17.1 Å². The van der Waals surface area contributed by atoms with Gasteiger partial charge >= 0.3 is 6.09 Å². The Labute approximate surface area is 189 Å². The number of hydrogen-bond donors (Lipinski definition) is 1. The van der Waals surface area contributed by atoms with Crippen LogP contribution in [0.25, 0.3) is 11.1 Å². The molecule has 2 aromatic rings. The molecule has 0 atom stereocenters. The van der Waals surface area contributed by atoms with E-state index in [1.165, 1.54) is 28.6 Å². The summed E-state index contributed by atoms with van der Waals surface area (Å²) in [5, 5.41) is 5.63. The molecule has 6 heteroatoms. The average Bonchev–Trinajstić information content (AvgIpc) is 2.77. The summed E-state index contributed by atoms with van der Waals surface area (Å²) in [5.74, 6) is 0.980. The van der Waals surface area contributed by atoms with Gasteiger partial charge in [0.1, 0.15) is 11.4 Å². The Morgan fingerprint density at radius 1 is 1.10 bits per heavy atom. The van der Waals surface area contributed by atoms with E-state index in [1.807, 2.05) is 17.0 Å². The van der Waals surface area contributed by atoms with E-state index in [0.29, 0.717) is 19.7 Å². The Kier molecular flexibility index (Phi) is 6.22. The Morgan fingerprint density at radius 3 is 2.42 bits per heavy atom. The zero-order valence-corrected chi connectivity index (χ0v) is 19.5. The fourth-order valence-electron chi connectivity index (χ4n) is 4.25. The highest BCUT2D eigenvalue weighted by atomic mass is 32.2. The summed E-state index contributed by atoms with van der Waals surface area (Å²) < 4.78 is 12.0. The van der Waals surface area contributed by atoms with Crippen molar-refractivity contribution in [3.63, 3.8) is 0 Å². The smallest absolute Gasteiger partial charge is 0.409 e. The SMILES string of the molecule is CC(C)(C)COC(=O)N1CCC2(CCc3cc(-c4ccc(SN)cc4)ccc3O2)CC1. The monoisotopic (exact) mass is 440 g/mol. The van der Waals surface area contributed by atoms with Crippen molar-refractivity contribution in [1.82, 2.24) is 4.90 Å². The van der Waals surface area contributed by atoms with Crippen molar-refractivity contribution in [1.29, 1.82) is 0 Å². The second-order valence-corrected chi connectivity index (χ2v) is 10.6. The summed E-state index contributed by atoms with van der Waals surface area (Å²) in [6.07, 6.45) is 3.46. The first-order valence-electron chi connectivity index (χ1n) is 11.0. The highest BCUT2D eigenvalue weighted by Gasteiger charge is 2.41.